The topological polar surface area (TPSA) is 98.8 Å². The maximum atomic E-state index is 11.8. The smallest absolute Gasteiger partial charge is 0.407 e. The number of nitrogens with one attached hydrogen (secondary N) is 2. The number of esters is 1. The minimum absolute atomic E-state index is 0.199. The van der Waals surface area contributed by atoms with Crippen LogP contribution >= 0.6 is 0 Å². The zero-order chi connectivity index (χ0) is 23.4. The van der Waals surface area contributed by atoms with Gasteiger partial charge in [0.25, 0.3) is 0 Å². The lowest BCUT2D eigenvalue weighted by Gasteiger charge is -2.19. The van der Waals surface area contributed by atoms with E-state index in [1.165, 1.54) is 0 Å². The molecule has 0 aliphatic rings. The van der Waals surface area contributed by atoms with Gasteiger partial charge < -0.3 is 24.8 Å². The van der Waals surface area contributed by atoms with Gasteiger partial charge in [0.15, 0.2) is 0 Å². The summed E-state index contributed by atoms with van der Waals surface area (Å²) in [5, 5.41) is 6.01. The van der Waals surface area contributed by atoms with Crippen molar-refractivity contribution in [3.8, 4) is 11.6 Å². The summed E-state index contributed by atoms with van der Waals surface area (Å²) < 4.78 is 16.2. The number of pyridine rings is 1. The summed E-state index contributed by atoms with van der Waals surface area (Å²) >= 11 is 0. The highest BCUT2D eigenvalue weighted by atomic mass is 16.6. The lowest BCUT2D eigenvalue weighted by atomic mass is 10.1. The maximum Gasteiger partial charge on any atom is 0.407 e. The Morgan fingerprint density at radius 1 is 1.09 bits per heavy atom. The van der Waals surface area contributed by atoms with Gasteiger partial charge in [-0.05, 0) is 70.4 Å². The molecule has 2 rings (SSSR count). The molecule has 0 fully saturated rings. The number of anilines is 1. The van der Waals surface area contributed by atoms with Crippen LogP contribution in [0, 0.1) is 0 Å². The molecule has 0 radical (unpaired) electrons. The van der Waals surface area contributed by atoms with Crippen molar-refractivity contribution in [2.75, 3.05) is 25.0 Å². The molecular formula is C24H33N3O5. The first-order chi connectivity index (χ1) is 15.3. The standard InChI is InChI=1S/C24H33N3O5/c1-5-30-21(28)12-8-14-25-20-11-7-15-26-22(20)31-19-10-6-9-18(17-19)13-16-27-23(29)32-24(2,3)4/h6-7,9-11,15,17,25H,5,8,12-14,16H2,1-4H3,(H,27,29). The molecule has 0 spiro atoms. The van der Waals surface area contributed by atoms with E-state index in [1.807, 2.05) is 57.2 Å². The van der Waals surface area contributed by atoms with Gasteiger partial charge in [-0.15, -0.1) is 0 Å². The Hall–Kier alpha value is -3.29. The number of benzene rings is 1. The third-order valence-electron chi connectivity index (χ3n) is 4.14. The van der Waals surface area contributed by atoms with Gasteiger partial charge in [-0.2, -0.15) is 0 Å². The van der Waals surface area contributed by atoms with Crippen molar-refractivity contribution in [1.82, 2.24) is 10.3 Å². The third kappa shape index (κ3) is 9.68. The molecule has 1 amide bonds. The molecule has 8 heteroatoms. The average molecular weight is 444 g/mol. The zero-order valence-electron chi connectivity index (χ0n) is 19.3. The number of ether oxygens (including phenoxy) is 3. The first kappa shape index (κ1) is 25.0. The lowest BCUT2D eigenvalue weighted by Crippen LogP contribution is -2.33. The van der Waals surface area contributed by atoms with Gasteiger partial charge >= 0.3 is 12.1 Å². The fourth-order valence-corrected chi connectivity index (χ4v) is 2.79. The number of hydrogen-bond acceptors (Lipinski definition) is 7. The Morgan fingerprint density at radius 3 is 2.66 bits per heavy atom. The molecule has 1 aromatic heterocycles. The van der Waals surface area contributed by atoms with Crippen LogP contribution in [0.25, 0.3) is 0 Å². The summed E-state index contributed by atoms with van der Waals surface area (Å²) in [6.07, 6.45) is 2.87. The average Bonchev–Trinajstić information content (AvgIpc) is 2.71. The van der Waals surface area contributed by atoms with Gasteiger partial charge in [0.1, 0.15) is 11.4 Å². The number of nitrogens with zero attached hydrogens (tertiary/aromatic N) is 1. The zero-order valence-corrected chi connectivity index (χ0v) is 19.3. The van der Waals surface area contributed by atoms with Gasteiger partial charge in [-0.3, -0.25) is 4.79 Å². The number of carbonyl (C=O) groups is 2. The SMILES string of the molecule is CCOC(=O)CCCNc1cccnc1Oc1cccc(CCNC(=O)OC(C)(C)C)c1. The predicted molar refractivity (Wildman–Crippen MR) is 123 cm³/mol. The molecule has 32 heavy (non-hydrogen) atoms. The number of alkyl carbamates (subject to hydrolysis) is 1. The van der Waals surface area contributed by atoms with E-state index in [9.17, 15) is 9.59 Å². The molecule has 1 heterocycles. The number of rotatable bonds is 11. The Morgan fingerprint density at radius 2 is 1.91 bits per heavy atom. The Labute approximate surface area is 189 Å². The fraction of sp³-hybridized carbons (Fsp3) is 0.458. The molecule has 174 valence electrons. The second-order valence-corrected chi connectivity index (χ2v) is 8.12. The molecule has 0 bridgehead atoms. The molecule has 2 aromatic rings. The fourth-order valence-electron chi connectivity index (χ4n) is 2.79. The second kappa shape index (κ2) is 12.5. The molecule has 0 aliphatic carbocycles. The molecule has 0 aliphatic heterocycles. The van der Waals surface area contributed by atoms with E-state index in [4.69, 9.17) is 14.2 Å². The number of hydrogen-bond donors (Lipinski definition) is 2. The van der Waals surface area contributed by atoms with Crippen molar-refractivity contribution in [2.45, 2.75) is 52.6 Å². The van der Waals surface area contributed by atoms with Crippen LogP contribution in [-0.4, -0.2) is 42.3 Å². The van der Waals surface area contributed by atoms with Crippen molar-refractivity contribution >= 4 is 17.7 Å². The molecule has 0 atom stereocenters. The summed E-state index contributed by atoms with van der Waals surface area (Å²) in [7, 11) is 0. The maximum absolute atomic E-state index is 11.8. The molecular weight excluding hydrogens is 410 g/mol. The minimum atomic E-state index is -0.523. The summed E-state index contributed by atoms with van der Waals surface area (Å²) in [6.45, 7) is 8.72. The van der Waals surface area contributed by atoms with Crippen molar-refractivity contribution in [3.63, 3.8) is 0 Å². The van der Waals surface area contributed by atoms with Crippen molar-refractivity contribution in [2.24, 2.45) is 0 Å². The highest BCUT2D eigenvalue weighted by molar-refractivity contribution is 5.69. The van der Waals surface area contributed by atoms with E-state index in [1.54, 1.807) is 13.1 Å². The van der Waals surface area contributed by atoms with Crippen LogP contribution in [0.2, 0.25) is 0 Å². The summed E-state index contributed by atoms with van der Waals surface area (Å²) in [5.74, 6) is 0.899. The van der Waals surface area contributed by atoms with Gasteiger partial charge in [0.2, 0.25) is 5.88 Å². The van der Waals surface area contributed by atoms with Crippen LogP contribution < -0.4 is 15.4 Å². The van der Waals surface area contributed by atoms with Crippen LogP contribution in [0.4, 0.5) is 10.5 Å². The van der Waals surface area contributed by atoms with E-state index < -0.39 is 11.7 Å². The first-order valence-corrected chi connectivity index (χ1v) is 10.8. The minimum Gasteiger partial charge on any atom is -0.466 e. The van der Waals surface area contributed by atoms with E-state index >= 15 is 0 Å². The number of amides is 1. The molecule has 8 nitrogen and oxygen atoms in total. The van der Waals surface area contributed by atoms with Crippen molar-refractivity contribution in [3.05, 3.63) is 48.2 Å². The summed E-state index contributed by atoms with van der Waals surface area (Å²) in [4.78, 5) is 27.5. The van der Waals surface area contributed by atoms with E-state index in [0.29, 0.717) is 50.6 Å². The van der Waals surface area contributed by atoms with Crippen molar-refractivity contribution < 1.29 is 23.8 Å². The largest absolute Gasteiger partial charge is 0.466 e. The lowest BCUT2D eigenvalue weighted by molar-refractivity contribution is -0.143. The van der Waals surface area contributed by atoms with E-state index in [0.717, 1.165) is 11.3 Å². The van der Waals surface area contributed by atoms with Gasteiger partial charge in [0, 0.05) is 25.7 Å². The Kier molecular flexibility index (Phi) is 9.78. The van der Waals surface area contributed by atoms with Gasteiger partial charge in [-0.25, -0.2) is 9.78 Å². The molecule has 0 saturated heterocycles. The van der Waals surface area contributed by atoms with Crippen LogP contribution in [0.15, 0.2) is 42.6 Å². The van der Waals surface area contributed by atoms with Crippen LogP contribution in [0.5, 0.6) is 11.6 Å². The number of carbonyl (C=O) groups excluding carboxylic acids is 2. The van der Waals surface area contributed by atoms with E-state index in [2.05, 4.69) is 15.6 Å². The highest BCUT2D eigenvalue weighted by Crippen LogP contribution is 2.27. The number of aromatic nitrogens is 1. The summed E-state index contributed by atoms with van der Waals surface area (Å²) in [5.41, 5.74) is 1.23. The molecule has 2 N–H and O–H groups in total. The van der Waals surface area contributed by atoms with Crippen LogP contribution in [0.1, 0.15) is 46.1 Å². The Bertz CT molecular complexity index is 880. The highest BCUT2D eigenvalue weighted by Gasteiger charge is 2.15. The normalized spacial score (nSPS) is 10.9. The van der Waals surface area contributed by atoms with Crippen molar-refractivity contribution in [1.29, 1.82) is 0 Å². The second-order valence-electron chi connectivity index (χ2n) is 8.12. The predicted octanol–water partition coefficient (Wildman–Crippen LogP) is 4.70. The molecule has 1 aromatic carbocycles. The van der Waals surface area contributed by atoms with Gasteiger partial charge in [-0.1, -0.05) is 12.1 Å². The molecule has 0 saturated carbocycles. The Balaban J connectivity index is 1.87. The summed E-state index contributed by atoms with van der Waals surface area (Å²) in [6, 6.07) is 11.3. The van der Waals surface area contributed by atoms with Crippen LogP contribution in [0.3, 0.4) is 0 Å². The monoisotopic (exact) mass is 443 g/mol. The first-order valence-electron chi connectivity index (χ1n) is 10.8. The molecule has 0 unspecified atom stereocenters. The van der Waals surface area contributed by atoms with E-state index in [-0.39, 0.29) is 5.97 Å². The third-order valence-corrected chi connectivity index (χ3v) is 4.14. The van der Waals surface area contributed by atoms with Crippen LogP contribution in [-0.2, 0) is 20.7 Å². The quantitative estimate of drug-likeness (QED) is 0.384. The van der Waals surface area contributed by atoms with Gasteiger partial charge in [0.05, 0.1) is 12.3 Å².